The first-order chi connectivity index (χ1) is 26.1. The maximum absolute atomic E-state index is 6.69. The molecule has 1 aromatic heterocycles. The summed E-state index contributed by atoms with van der Waals surface area (Å²) in [6.45, 7) is 2.17. The van der Waals surface area contributed by atoms with Gasteiger partial charge in [0.2, 0.25) is 0 Å². The number of benzene rings is 8. The van der Waals surface area contributed by atoms with Gasteiger partial charge < -0.3 is 5.73 Å². The van der Waals surface area contributed by atoms with Gasteiger partial charge in [-0.3, -0.25) is 9.98 Å². The lowest BCUT2D eigenvalue weighted by Crippen LogP contribution is -2.06. The van der Waals surface area contributed by atoms with Gasteiger partial charge in [0.05, 0.1) is 17.4 Å². The third-order valence-corrected chi connectivity index (χ3v) is 10.3. The normalized spacial score (nSPS) is 12.8. The van der Waals surface area contributed by atoms with Gasteiger partial charge >= 0.3 is 0 Å². The molecule has 3 nitrogen and oxygen atoms in total. The summed E-state index contributed by atoms with van der Waals surface area (Å²) in [5.41, 5.74) is 18.0. The molecule has 0 saturated carbocycles. The molecule has 2 N–H and O–H groups in total. The lowest BCUT2D eigenvalue weighted by atomic mass is 9.88. The van der Waals surface area contributed by atoms with Crippen molar-refractivity contribution in [3.8, 4) is 33.5 Å². The van der Waals surface area contributed by atoms with E-state index in [2.05, 4.69) is 121 Å². The summed E-state index contributed by atoms with van der Waals surface area (Å²) >= 11 is 0. The zero-order chi connectivity index (χ0) is 35.7. The minimum absolute atomic E-state index is 0.170. The molecule has 1 atom stereocenters. The predicted molar refractivity (Wildman–Crippen MR) is 224 cm³/mol. The van der Waals surface area contributed by atoms with Crippen LogP contribution in [-0.4, -0.2) is 10.7 Å². The number of nitrogens with zero attached hydrogens (tertiary/aromatic N) is 2. The van der Waals surface area contributed by atoms with Crippen LogP contribution in [0, 0.1) is 0 Å². The van der Waals surface area contributed by atoms with E-state index < -0.39 is 0 Å². The number of aromatic nitrogens is 1. The van der Waals surface area contributed by atoms with Crippen LogP contribution in [0.2, 0.25) is 0 Å². The number of hydrogen-bond acceptors (Lipinski definition) is 3. The molecule has 9 rings (SSSR count). The first-order valence-corrected chi connectivity index (χ1v) is 18.1. The Morgan fingerprint density at radius 3 is 1.89 bits per heavy atom. The second kappa shape index (κ2) is 13.7. The summed E-state index contributed by atoms with van der Waals surface area (Å²) in [5.74, 6) is 0. The summed E-state index contributed by atoms with van der Waals surface area (Å²) in [5, 5.41) is 7.66. The molecule has 1 unspecified atom stereocenters. The van der Waals surface area contributed by atoms with Gasteiger partial charge in [0, 0.05) is 17.5 Å². The maximum atomic E-state index is 6.69. The summed E-state index contributed by atoms with van der Waals surface area (Å²) in [7, 11) is 0. The van der Waals surface area contributed by atoms with E-state index in [0.29, 0.717) is 5.70 Å². The lowest BCUT2D eigenvalue weighted by molar-refractivity contribution is 0.822. The van der Waals surface area contributed by atoms with Crippen LogP contribution in [0.4, 0.5) is 0 Å². The number of pyridine rings is 1. The van der Waals surface area contributed by atoms with E-state index in [0.717, 1.165) is 50.3 Å². The molecule has 0 spiro atoms. The topological polar surface area (TPSA) is 51.3 Å². The van der Waals surface area contributed by atoms with E-state index in [1.54, 1.807) is 0 Å². The Balaban J connectivity index is 1.22. The summed E-state index contributed by atoms with van der Waals surface area (Å²) in [4.78, 5) is 9.96. The SMILES string of the molecule is CC(N=C(/C=C(\N)c1ccccc1)c1ccccc1)c1cc(-c2ccc(-c3ccccn3)cc2)cc(-c2ccc3ccc4cccc5ccc2c3c45)c1. The Hall–Kier alpha value is -6.84. The molecular formula is C50H37N3. The Kier molecular flexibility index (Phi) is 8.30. The molecule has 0 amide bonds. The van der Waals surface area contributed by atoms with Gasteiger partial charge in [-0.2, -0.15) is 0 Å². The highest BCUT2D eigenvalue weighted by Gasteiger charge is 2.16. The van der Waals surface area contributed by atoms with E-state index in [-0.39, 0.29) is 6.04 Å². The fourth-order valence-corrected chi connectivity index (χ4v) is 7.52. The molecule has 0 bridgehead atoms. The van der Waals surface area contributed by atoms with Gasteiger partial charge in [-0.15, -0.1) is 0 Å². The molecule has 1 heterocycles. The molecule has 0 aliphatic rings. The van der Waals surface area contributed by atoms with Gasteiger partial charge in [0.1, 0.15) is 0 Å². The largest absolute Gasteiger partial charge is 0.398 e. The maximum Gasteiger partial charge on any atom is 0.0728 e. The van der Waals surface area contributed by atoms with Crippen molar-refractivity contribution >= 4 is 43.7 Å². The van der Waals surface area contributed by atoms with E-state index >= 15 is 0 Å². The summed E-state index contributed by atoms with van der Waals surface area (Å²) in [6.07, 6.45) is 3.84. The highest BCUT2D eigenvalue weighted by atomic mass is 14.8. The van der Waals surface area contributed by atoms with Gasteiger partial charge in [0.15, 0.2) is 0 Å². The minimum atomic E-state index is -0.170. The third-order valence-electron chi connectivity index (χ3n) is 10.3. The van der Waals surface area contributed by atoms with Crippen molar-refractivity contribution in [3.05, 3.63) is 205 Å². The van der Waals surface area contributed by atoms with Gasteiger partial charge in [-0.25, -0.2) is 0 Å². The van der Waals surface area contributed by atoms with Crippen LogP contribution in [0.3, 0.4) is 0 Å². The molecule has 53 heavy (non-hydrogen) atoms. The Morgan fingerprint density at radius 1 is 0.547 bits per heavy atom. The standard InChI is InChI=1S/C50H37N3/c1-33(53-48(36-13-6-3-7-14-36)32-46(51)35-11-4-2-5-12-35)41-29-42(34-18-20-37(21-19-34)47-17-8-9-28-52-47)31-43(30-41)44-26-24-40-23-22-38-15-10-16-39-25-27-45(44)50(40)49(38)39/h2-33H,51H2,1H3/b46-32-,53-48?. The van der Waals surface area contributed by atoms with Crippen LogP contribution in [0.5, 0.6) is 0 Å². The van der Waals surface area contributed by atoms with Crippen LogP contribution < -0.4 is 5.73 Å². The zero-order valence-corrected chi connectivity index (χ0v) is 29.4. The first kappa shape index (κ1) is 32.1. The molecule has 252 valence electrons. The van der Waals surface area contributed by atoms with Gasteiger partial charge in [-0.05, 0) is 115 Å². The fraction of sp³-hybridized carbons (Fsp3) is 0.0400. The number of rotatable bonds is 8. The van der Waals surface area contributed by atoms with Crippen molar-refractivity contribution in [1.29, 1.82) is 0 Å². The van der Waals surface area contributed by atoms with Crippen molar-refractivity contribution in [3.63, 3.8) is 0 Å². The predicted octanol–water partition coefficient (Wildman–Crippen LogP) is 12.5. The van der Waals surface area contributed by atoms with Crippen molar-refractivity contribution in [2.24, 2.45) is 10.7 Å². The Morgan fingerprint density at radius 2 is 1.17 bits per heavy atom. The number of aliphatic imine (C=N–C) groups is 1. The molecule has 0 fully saturated rings. The second-order valence-electron chi connectivity index (χ2n) is 13.6. The highest BCUT2D eigenvalue weighted by Crippen LogP contribution is 2.41. The first-order valence-electron chi connectivity index (χ1n) is 18.1. The van der Waals surface area contributed by atoms with E-state index in [9.17, 15) is 0 Å². The van der Waals surface area contributed by atoms with Crippen LogP contribution in [0.1, 0.15) is 29.7 Å². The molecule has 9 aromatic rings. The third kappa shape index (κ3) is 6.23. The van der Waals surface area contributed by atoms with Crippen LogP contribution >= 0.6 is 0 Å². The zero-order valence-electron chi connectivity index (χ0n) is 29.4. The lowest BCUT2D eigenvalue weighted by Gasteiger charge is -2.18. The monoisotopic (exact) mass is 679 g/mol. The van der Waals surface area contributed by atoms with Crippen LogP contribution in [0.15, 0.2) is 193 Å². The molecular weight excluding hydrogens is 643 g/mol. The fourth-order valence-electron chi connectivity index (χ4n) is 7.52. The molecule has 3 heteroatoms. The Bertz CT molecular complexity index is 2750. The summed E-state index contributed by atoms with van der Waals surface area (Å²) < 4.78 is 0. The smallest absolute Gasteiger partial charge is 0.0728 e. The van der Waals surface area contributed by atoms with E-state index in [1.807, 2.05) is 79.0 Å². The molecule has 0 radical (unpaired) electrons. The van der Waals surface area contributed by atoms with Crippen LogP contribution in [-0.2, 0) is 0 Å². The molecule has 0 aliphatic carbocycles. The minimum Gasteiger partial charge on any atom is -0.398 e. The molecule has 0 aliphatic heterocycles. The Labute approximate surface area is 309 Å². The average molecular weight is 680 g/mol. The second-order valence-corrected chi connectivity index (χ2v) is 13.6. The summed E-state index contributed by atoms with van der Waals surface area (Å²) in [6, 6.07) is 62.0. The van der Waals surface area contributed by atoms with Gasteiger partial charge in [0.25, 0.3) is 0 Å². The van der Waals surface area contributed by atoms with Crippen molar-refractivity contribution in [1.82, 2.24) is 4.98 Å². The quantitative estimate of drug-likeness (QED) is 0.128. The van der Waals surface area contributed by atoms with E-state index in [4.69, 9.17) is 10.7 Å². The van der Waals surface area contributed by atoms with Crippen molar-refractivity contribution in [2.75, 3.05) is 0 Å². The van der Waals surface area contributed by atoms with Crippen molar-refractivity contribution in [2.45, 2.75) is 13.0 Å². The van der Waals surface area contributed by atoms with Gasteiger partial charge in [-0.1, -0.05) is 146 Å². The number of hydrogen-bond donors (Lipinski definition) is 1. The van der Waals surface area contributed by atoms with E-state index in [1.165, 1.54) is 37.9 Å². The van der Waals surface area contributed by atoms with Crippen molar-refractivity contribution < 1.29 is 0 Å². The molecule has 8 aromatic carbocycles. The molecule has 0 saturated heterocycles. The number of nitrogens with two attached hydrogens (primary N) is 1. The number of allylic oxidation sites excluding steroid dienone is 1. The van der Waals surface area contributed by atoms with Crippen LogP contribution in [0.25, 0.3) is 71.5 Å². The highest BCUT2D eigenvalue weighted by molar-refractivity contribution is 6.25. The average Bonchev–Trinajstić information content (AvgIpc) is 3.23.